The summed E-state index contributed by atoms with van der Waals surface area (Å²) in [7, 11) is 0. The first kappa shape index (κ1) is 18.6. The standard InChI is InChI=1S/C17H28BrNO2/c1-3-4-5-6-11-21-13-17(20)12-19-14(2)15-7-9-16(18)10-8-15/h7-10,14,17,19-20H,3-6,11-13H2,1-2H3. The molecule has 2 N–H and O–H groups in total. The number of hydrogen-bond donors (Lipinski definition) is 2. The zero-order chi connectivity index (χ0) is 15.5. The summed E-state index contributed by atoms with van der Waals surface area (Å²) in [4.78, 5) is 0. The van der Waals surface area contributed by atoms with E-state index in [4.69, 9.17) is 4.74 Å². The topological polar surface area (TPSA) is 41.5 Å². The Balaban J connectivity index is 2.11. The fourth-order valence-corrected chi connectivity index (χ4v) is 2.36. The van der Waals surface area contributed by atoms with Gasteiger partial charge in [-0.05, 0) is 31.0 Å². The van der Waals surface area contributed by atoms with E-state index in [9.17, 15) is 5.11 Å². The number of unbranched alkanes of at least 4 members (excludes halogenated alkanes) is 3. The van der Waals surface area contributed by atoms with Crippen molar-refractivity contribution in [1.29, 1.82) is 0 Å². The van der Waals surface area contributed by atoms with Crippen LogP contribution >= 0.6 is 15.9 Å². The molecule has 1 rings (SSSR count). The van der Waals surface area contributed by atoms with E-state index < -0.39 is 6.10 Å². The van der Waals surface area contributed by atoms with Gasteiger partial charge in [0.25, 0.3) is 0 Å². The summed E-state index contributed by atoms with van der Waals surface area (Å²) in [6.07, 6.45) is 4.35. The van der Waals surface area contributed by atoms with E-state index >= 15 is 0 Å². The predicted octanol–water partition coefficient (Wildman–Crippen LogP) is 4.06. The van der Waals surface area contributed by atoms with Crippen LogP contribution in [0.15, 0.2) is 28.7 Å². The molecule has 0 fully saturated rings. The van der Waals surface area contributed by atoms with Crippen molar-refractivity contribution < 1.29 is 9.84 Å². The van der Waals surface area contributed by atoms with Crippen LogP contribution in [0.1, 0.15) is 51.1 Å². The lowest BCUT2D eigenvalue weighted by Gasteiger charge is -2.17. The minimum absolute atomic E-state index is 0.220. The van der Waals surface area contributed by atoms with Gasteiger partial charge in [-0.3, -0.25) is 0 Å². The molecule has 21 heavy (non-hydrogen) atoms. The monoisotopic (exact) mass is 357 g/mol. The molecule has 0 heterocycles. The average Bonchev–Trinajstić information content (AvgIpc) is 2.49. The molecule has 0 aliphatic heterocycles. The van der Waals surface area contributed by atoms with Gasteiger partial charge in [0.2, 0.25) is 0 Å². The van der Waals surface area contributed by atoms with Gasteiger partial charge in [0, 0.05) is 23.7 Å². The minimum atomic E-state index is -0.450. The van der Waals surface area contributed by atoms with Crippen molar-refractivity contribution in [3.8, 4) is 0 Å². The molecule has 4 heteroatoms. The molecule has 2 unspecified atom stereocenters. The van der Waals surface area contributed by atoms with Gasteiger partial charge in [0.05, 0.1) is 12.7 Å². The number of nitrogens with one attached hydrogen (secondary N) is 1. The number of aliphatic hydroxyl groups excluding tert-OH is 1. The summed E-state index contributed by atoms with van der Waals surface area (Å²) >= 11 is 3.43. The van der Waals surface area contributed by atoms with E-state index in [1.54, 1.807) is 0 Å². The molecule has 0 bridgehead atoms. The highest BCUT2D eigenvalue weighted by Crippen LogP contribution is 2.16. The normalized spacial score (nSPS) is 14.1. The highest BCUT2D eigenvalue weighted by molar-refractivity contribution is 9.10. The third-order valence-electron chi connectivity index (χ3n) is 3.48. The number of rotatable bonds is 11. The van der Waals surface area contributed by atoms with Crippen molar-refractivity contribution in [3.63, 3.8) is 0 Å². The summed E-state index contributed by atoms with van der Waals surface area (Å²) in [5.41, 5.74) is 1.21. The van der Waals surface area contributed by atoms with E-state index in [1.165, 1.54) is 24.8 Å². The van der Waals surface area contributed by atoms with Crippen LogP contribution in [0.2, 0.25) is 0 Å². The third kappa shape index (κ3) is 8.57. The molecule has 0 saturated carbocycles. The minimum Gasteiger partial charge on any atom is -0.389 e. The molecule has 1 aromatic rings. The zero-order valence-corrected chi connectivity index (χ0v) is 14.7. The molecule has 0 saturated heterocycles. The summed E-state index contributed by atoms with van der Waals surface area (Å²) in [5, 5.41) is 13.2. The third-order valence-corrected chi connectivity index (χ3v) is 4.01. The molecule has 0 aliphatic rings. The number of ether oxygens (including phenoxy) is 1. The summed E-state index contributed by atoms with van der Waals surface area (Å²) < 4.78 is 6.58. The van der Waals surface area contributed by atoms with Crippen molar-refractivity contribution in [2.75, 3.05) is 19.8 Å². The van der Waals surface area contributed by atoms with Crippen molar-refractivity contribution in [3.05, 3.63) is 34.3 Å². The van der Waals surface area contributed by atoms with E-state index in [0.29, 0.717) is 13.2 Å². The fourth-order valence-electron chi connectivity index (χ4n) is 2.09. The Morgan fingerprint density at radius 1 is 1.19 bits per heavy atom. The summed E-state index contributed by atoms with van der Waals surface area (Å²) in [5.74, 6) is 0. The lowest BCUT2D eigenvalue weighted by atomic mass is 10.1. The molecule has 0 radical (unpaired) electrons. The van der Waals surface area contributed by atoms with Crippen molar-refractivity contribution >= 4 is 15.9 Å². The first-order valence-electron chi connectivity index (χ1n) is 7.88. The van der Waals surface area contributed by atoms with Gasteiger partial charge < -0.3 is 15.2 Å². The second kappa shape index (κ2) is 11.2. The second-order valence-electron chi connectivity index (χ2n) is 5.47. The van der Waals surface area contributed by atoms with E-state index in [0.717, 1.165) is 17.5 Å². The molecule has 0 spiro atoms. The van der Waals surface area contributed by atoms with Gasteiger partial charge in [0.15, 0.2) is 0 Å². The first-order valence-corrected chi connectivity index (χ1v) is 8.67. The highest BCUT2D eigenvalue weighted by Gasteiger charge is 2.08. The van der Waals surface area contributed by atoms with Crippen LogP contribution in [0.25, 0.3) is 0 Å². The van der Waals surface area contributed by atoms with Crippen LogP contribution in [-0.2, 0) is 4.74 Å². The maximum absolute atomic E-state index is 9.90. The van der Waals surface area contributed by atoms with Gasteiger partial charge in [-0.15, -0.1) is 0 Å². The van der Waals surface area contributed by atoms with Crippen molar-refractivity contribution in [2.45, 2.75) is 51.7 Å². The lowest BCUT2D eigenvalue weighted by molar-refractivity contribution is 0.0343. The van der Waals surface area contributed by atoms with E-state index in [1.807, 2.05) is 12.1 Å². The number of halogens is 1. The van der Waals surface area contributed by atoms with Crippen LogP contribution < -0.4 is 5.32 Å². The Morgan fingerprint density at radius 3 is 2.57 bits per heavy atom. The van der Waals surface area contributed by atoms with E-state index in [2.05, 4.69) is 47.2 Å². The second-order valence-corrected chi connectivity index (χ2v) is 6.39. The fraction of sp³-hybridized carbons (Fsp3) is 0.647. The Bertz CT molecular complexity index is 370. The van der Waals surface area contributed by atoms with Gasteiger partial charge >= 0.3 is 0 Å². The maximum Gasteiger partial charge on any atom is 0.0897 e. The van der Waals surface area contributed by atoms with Gasteiger partial charge in [-0.1, -0.05) is 54.2 Å². The summed E-state index contributed by atoms with van der Waals surface area (Å²) in [6.45, 7) is 6.00. The molecule has 2 atom stereocenters. The van der Waals surface area contributed by atoms with Crippen molar-refractivity contribution in [2.24, 2.45) is 0 Å². The van der Waals surface area contributed by atoms with Crippen LogP contribution in [0, 0.1) is 0 Å². The smallest absolute Gasteiger partial charge is 0.0897 e. The quantitative estimate of drug-likeness (QED) is 0.586. The van der Waals surface area contributed by atoms with Gasteiger partial charge in [-0.25, -0.2) is 0 Å². The summed E-state index contributed by atoms with van der Waals surface area (Å²) in [6, 6.07) is 8.45. The molecule has 0 aromatic heterocycles. The largest absolute Gasteiger partial charge is 0.389 e. The molecular weight excluding hydrogens is 330 g/mol. The molecule has 0 aliphatic carbocycles. The van der Waals surface area contributed by atoms with E-state index in [-0.39, 0.29) is 6.04 Å². The Morgan fingerprint density at radius 2 is 1.90 bits per heavy atom. The zero-order valence-electron chi connectivity index (χ0n) is 13.1. The average molecular weight is 358 g/mol. The number of aliphatic hydroxyl groups is 1. The Labute approximate surface area is 137 Å². The lowest BCUT2D eigenvalue weighted by Crippen LogP contribution is -2.32. The molecule has 3 nitrogen and oxygen atoms in total. The van der Waals surface area contributed by atoms with Crippen LogP contribution in [-0.4, -0.2) is 31.0 Å². The Hall–Kier alpha value is -0.420. The SMILES string of the molecule is CCCCCCOCC(O)CNC(C)c1ccc(Br)cc1. The van der Waals surface area contributed by atoms with Gasteiger partial charge in [-0.2, -0.15) is 0 Å². The molecule has 0 amide bonds. The Kier molecular flexibility index (Phi) is 9.92. The van der Waals surface area contributed by atoms with Gasteiger partial charge in [0.1, 0.15) is 0 Å². The number of hydrogen-bond acceptors (Lipinski definition) is 3. The van der Waals surface area contributed by atoms with Crippen LogP contribution in [0.5, 0.6) is 0 Å². The predicted molar refractivity (Wildman–Crippen MR) is 91.5 cm³/mol. The van der Waals surface area contributed by atoms with Crippen LogP contribution in [0.3, 0.4) is 0 Å². The van der Waals surface area contributed by atoms with Crippen LogP contribution in [0.4, 0.5) is 0 Å². The molecule has 120 valence electrons. The maximum atomic E-state index is 9.90. The highest BCUT2D eigenvalue weighted by atomic mass is 79.9. The number of benzene rings is 1. The molecular formula is C17H28BrNO2. The molecule has 1 aromatic carbocycles. The van der Waals surface area contributed by atoms with Crippen molar-refractivity contribution in [1.82, 2.24) is 5.32 Å². The first-order chi connectivity index (χ1) is 10.1.